The smallest absolute Gasteiger partial charge is 0.422 e. The second-order valence-electron chi connectivity index (χ2n) is 7.59. The second-order valence-corrected chi connectivity index (χ2v) is 7.59. The molecule has 0 atom stereocenters. The number of hydrogen-bond acceptors (Lipinski definition) is 7. The lowest BCUT2D eigenvalue weighted by Gasteiger charge is -2.15. The number of ether oxygens (including phenoxy) is 3. The van der Waals surface area contributed by atoms with E-state index >= 15 is 0 Å². The molecular weight excluding hydrogens is 465 g/mol. The number of methoxy groups -OCH3 is 3. The number of hydrogen-bond donors (Lipinski definition) is 3. The molecule has 0 radical (unpaired) electrons. The van der Waals surface area contributed by atoms with Crippen molar-refractivity contribution in [3.63, 3.8) is 0 Å². The van der Waals surface area contributed by atoms with Gasteiger partial charge in [-0.2, -0.15) is 0 Å². The number of benzene rings is 3. The third-order valence-corrected chi connectivity index (χ3v) is 5.17. The number of aromatic nitrogens is 2. The molecule has 0 saturated heterocycles. The van der Waals surface area contributed by atoms with Crippen molar-refractivity contribution >= 4 is 28.9 Å². The summed E-state index contributed by atoms with van der Waals surface area (Å²) in [7, 11) is 4.64. The van der Waals surface area contributed by atoms with E-state index in [0.29, 0.717) is 45.8 Å². The molecule has 36 heavy (non-hydrogen) atoms. The highest BCUT2D eigenvalue weighted by molar-refractivity contribution is 5.83. The van der Waals surface area contributed by atoms with Gasteiger partial charge in [-0.3, -0.25) is 10.3 Å². The first-order chi connectivity index (χ1) is 17.5. The quantitative estimate of drug-likeness (QED) is 0.312. The van der Waals surface area contributed by atoms with Crippen molar-refractivity contribution in [3.8, 4) is 28.5 Å². The van der Waals surface area contributed by atoms with Crippen LogP contribution in [0, 0.1) is 5.82 Å². The van der Waals surface area contributed by atoms with E-state index in [4.69, 9.17) is 14.2 Å². The average Bonchev–Trinajstić information content (AvgIpc) is 2.88. The summed E-state index contributed by atoms with van der Waals surface area (Å²) in [6.45, 7) is 0. The highest BCUT2D eigenvalue weighted by atomic mass is 19.1. The molecule has 0 aliphatic rings. The zero-order valence-corrected chi connectivity index (χ0v) is 19.9. The largest absolute Gasteiger partial charge is 0.493 e. The van der Waals surface area contributed by atoms with E-state index in [1.165, 1.54) is 17.4 Å². The molecule has 1 heterocycles. The molecule has 4 N–H and O–H groups in total. The Bertz CT molecular complexity index is 1340. The summed E-state index contributed by atoms with van der Waals surface area (Å²) in [5, 5.41) is 7.30. The molecule has 0 aliphatic heterocycles. The number of carbonyl (C=O) groups excluding carboxylic acids is 1. The number of amides is 2. The van der Waals surface area contributed by atoms with E-state index in [9.17, 15) is 9.18 Å². The fourth-order valence-corrected chi connectivity index (χ4v) is 3.52. The molecule has 184 valence electrons. The van der Waals surface area contributed by atoms with Crippen LogP contribution in [0.2, 0.25) is 0 Å². The van der Waals surface area contributed by atoms with Crippen molar-refractivity contribution in [2.45, 2.75) is 0 Å². The maximum Gasteiger partial charge on any atom is 0.422 e. The summed E-state index contributed by atoms with van der Waals surface area (Å²) in [5.41, 5.74) is 3.20. The van der Waals surface area contributed by atoms with Crippen molar-refractivity contribution in [2.75, 3.05) is 32.0 Å². The summed E-state index contributed by atoms with van der Waals surface area (Å²) in [6.07, 6.45) is 3.25. The first kappa shape index (κ1) is 24.4. The number of urea groups is 1. The lowest BCUT2D eigenvalue weighted by molar-refractivity contribution is -0.459. The van der Waals surface area contributed by atoms with Crippen LogP contribution in [0.3, 0.4) is 0 Å². The van der Waals surface area contributed by atoms with Crippen molar-refractivity contribution in [3.05, 3.63) is 78.9 Å². The molecule has 0 bridgehead atoms. The first-order valence-electron chi connectivity index (χ1n) is 10.9. The monoisotopic (exact) mass is 490 g/mol. The van der Waals surface area contributed by atoms with Crippen molar-refractivity contribution in [1.82, 2.24) is 9.97 Å². The van der Waals surface area contributed by atoms with E-state index in [2.05, 4.69) is 20.6 Å². The first-order valence-corrected chi connectivity index (χ1v) is 10.9. The van der Waals surface area contributed by atoms with Gasteiger partial charge in [-0.25, -0.2) is 19.5 Å². The Morgan fingerprint density at radius 3 is 2.25 bits per heavy atom. The molecule has 0 unspecified atom stereocenters. The average molecular weight is 491 g/mol. The number of nitrogens with zero attached hydrogens (tertiary/aromatic N) is 2. The fraction of sp³-hybridized carbons (Fsp3) is 0.115. The summed E-state index contributed by atoms with van der Waals surface area (Å²) < 4.78 is 29.5. The van der Waals surface area contributed by atoms with Crippen LogP contribution in [-0.4, -0.2) is 37.3 Å². The predicted molar refractivity (Wildman–Crippen MR) is 134 cm³/mol. The lowest BCUT2D eigenvalue weighted by atomic mass is 10.1. The Morgan fingerprint density at radius 1 is 0.889 bits per heavy atom. The molecule has 0 spiro atoms. The minimum Gasteiger partial charge on any atom is -0.493 e. The molecule has 1 aromatic heterocycles. The van der Waals surface area contributed by atoms with Gasteiger partial charge in [0.05, 0.1) is 39.4 Å². The molecule has 3 aromatic carbocycles. The number of anilines is 3. The van der Waals surface area contributed by atoms with Gasteiger partial charge in [0.25, 0.3) is 0 Å². The van der Waals surface area contributed by atoms with Gasteiger partial charge in [0.2, 0.25) is 5.75 Å². The summed E-state index contributed by atoms with van der Waals surface area (Å²) in [5.74, 6) is 1.63. The summed E-state index contributed by atoms with van der Waals surface area (Å²) >= 11 is 0. The molecule has 0 saturated carbocycles. The van der Waals surface area contributed by atoms with Crippen LogP contribution < -0.4 is 30.2 Å². The summed E-state index contributed by atoms with van der Waals surface area (Å²) in [6, 6.07) is 16.2. The van der Waals surface area contributed by atoms with Gasteiger partial charge in [-0.05, 0) is 24.3 Å². The van der Waals surface area contributed by atoms with Crippen molar-refractivity contribution in [2.24, 2.45) is 0 Å². The summed E-state index contributed by atoms with van der Waals surface area (Å²) in [4.78, 5) is 21.2. The molecule has 0 aliphatic carbocycles. The number of halogens is 1. The molecule has 10 heteroatoms. The minimum absolute atomic E-state index is 0.357. The molecule has 4 aromatic rings. The molecule has 2 amide bonds. The Morgan fingerprint density at radius 2 is 1.61 bits per heavy atom. The maximum absolute atomic E-state index is 13.3. The van der Waals surface area contributed by atoms with Crippen LogP contribution in [0.15, 0.2) is 73.1 Å². The Labute approximate surface area is 207 Å². The van der Waals surface area contributed by atoms with E-state index in [0.717, 1.165) is 5.56 Å². The molecular formula is C26H25FN5O4+. The SMILES string of the molecule is COc1cc(Nc2cncc(-c3ccc(NC(=O)[NH2+]c4cccc(F)c4)cc3)n2)cc(OC)c1OC. The van der Waals surface area contributed by atoms with Crippen LogP contribution in [0.1, 0.15) is 0 Å². The molecule has 4 rings (SSSR count). The van der Waals surface area contributed by atoms with Gasteiger partial charge in [0.15, 0.2) is 11.5 Å². The van der Waals surface area contributed by atoms with Gasteiger partial charge in [-0.15, -0.1) is 0 Å². The van der Waals surface area contributed by atoms with Crippen LogP contribution in [0.4, 0.5) is 32.1 Å². The standard InChI is InChI=1S/C26H24FN5O4/c1-34-22-12-20(13-23(35-2)25(22)36-3)29-24-15-28-14-21(32-24)16-7-9-18(10-8-16)30-26(33)31-19-6-4-5-17(27)11-19/h4-15H,1-3H3,(H,29,32)(H2,30,31,33)/p+1. The van der Waals surface area contributed by atoms with E-state index in [1.807, 2.05) is 12.1 Å². The van der Waals surface area contributed by atoms with Crippen molar-refractivity contribution < 1.29 is 28.7 Å². The number of nitrogens with one attached hydrogen (secondary N) is 2. The molecule has 9 nitrogen and oxygen atoms in total. The maximum atomic E-state index is 13.3. The van der Waals surface area contributed by atoms with Crippen LogP contribution in [0.25, 0.3) is 11.3 Å². The van der Waals surface area contributed by atoms with Gasteiger partial charge in [0.1, 0.15) is 17.3 Å². The fourth-order valence-electron chi connectivity index (χ4n) is 3.52. The van der Waals surface area contributed by atoms with Gasteiger partial charge in [-0.1, -0.05) is 18.2 Å². The zero-order valence-electron chi connectivity index (χ0n) is 19.9. The van der Waals surface area contributed by atoms with Crippen LogP contribution >= 0.6 is 0 Å². The van der Waals surface area contributed by atoms with Gasteiger partial charge < -0.3 is 19.5 Å². The minimum atomic E-state index is -0.399. The predicted octanol–water partition coefficient (Wildman–Crippen LogP) is 4.48. The van der Waals surface area contributed by atoms with Crippen LogP contribution in [0.5, 0.6) is 17.2 Å². The Kier molecular flexibility index (Phi) is 7.57. The van der Waals surface area contributed by atoms with Gasteiger partial charge >= 0.3 is 6.03 Å². The van der Waals surface area contributed by atoms with Crippen LogP contribution in [-0.2, 0) is 0 Å². The highest BCUT2D eigenvalue weighted by Crippen LogP contribution is 2.40. The number of nitrogens with two attached hydrogens (primary N) is 1. The Hall–Kier alpha value is -4.70. The topological polar surface area (TPSA) is 111 Å². The third-order valence-electron chi connectivity index (χ3n) is 5.17. The highest BCUT2D eigenvalue weighted by Gasteiger charge is 2.14. The number of primary amides is 1. The van der Waals surface area contributed by atoms with Crippen molar-refractivity contribution in [1.29, 1.82) is 0 Å². The Balaban J connectivity index is 1.46. The van der Waals surface area contributed by atoms with E-state index in [1.54, 1.807) is 70.1 Å². The number of rotatable bonds is 8. The van der Waals surface area contributed by atoms with E-state index < -0.39 is 5.82 Å². The number of quaternary nitrogens is 1. The van der Waals surface area contributed by atoms with E-state index in [-0.39, 0.29) is 6.03 Å². The normalized spacial score (nSPS) is 10.4. The third kappa shape index (κ3) is 5.86. The van der Waals surface area contributed by atoms with Gasteiger partial charge in [0, 0.05) is 35.1 Å². The molecule has 0 fully saturated rings. The zero-order chi connectivity index (χ0) is 25.5. The second kappa shape index (κ2) is 11.2. The number of carbonyl (C=O) groups is 1. The lowest BCUT2D eigenvalue weighted by Crippen LogP contribution is -2.83.